The molecule has 2 nitrogen and oxygen atoms in total. The summed E-state index contributed by atoms with van der Waals surface area (Å²) < 4.78 is 41.3. The van der Waals surface area contributed by atoms with Gasteiger partial charge >= 0.3 is 0 Å². The van der Waals surface area contributed by atoms with Gasteiger partial charge in [-0.1, -0.05) is 12.1 Å². The van der Waals surface area contributed by atoms with Crippen LogP contribution < -0.4 is 4.72 Å². The van der Waals surface area contributed by atoms with Gasteiger partial charge in [0.15, 0.2) is 0 Å². The van der Waals surface area contributed by atoms with Crippen LogP contribution in [0.15, 0.2) is 30.9 Å². The van der Waals surface area contributed by atoms with E-state index in [1.165, 1.54) is 12.1 Å². The van der Waals surface area contributed by atoms with Crippen LogP contribution in [0.5, 0.6) is 0 Å². The molecule has 0 fully saturated rings. The summed E-state index contributed by atoms with van der Waals surface area (Å²) in [4.78, 5) is 0. The fourth-order valence-corrected chi connectivity index (χ4v) is 2.12. The molecule has 0 spiro atoms. The Balaban J connectivity index is 3.05. The molecule has 2 atom stereocenters. The summed E-state index contributed by atoms with van der Waals surface area (Å²) in [6.07, 6.45) is 1.34. The third-order valence-corrected chi connectivity index (χ3v) is 3.92. The van der Waals surface area contributed by atoms with E-state index in [4.69, 9.17) is 0 Å². The molecule has 0 radical (unpaired) electrons. The fourth-order valence-electron chi connectivity index (χ4n) is 1.32. The molecule has 1 aromatic carbocycles. The first kappa shape index (κ1) is 15.0. The third-order valence-electron chi connectivity index (χ3n) is 2.34. The maximum absolute atomic E-state index is 13.6. The van der Waals surface area contributed by atoms with Crippen molar-refractivity contribution >= 4 is 11.0 Å². The van der Waals surface area contributed by atoms with Crippen molar-refractivity contribution in [2.24, 2.45) is 0 Å². The minimum atomic E-state index is -1.44. The van der Waals surface area contributed by atoms with E-state index in [1.54, 1.807) is 20.8 Å². The van der Waals surface area contributed by atoms with Crippen LogP contribution in [0.25, 0.3) is 0 Å². The van der Waals surface area contributed by atoms with Gasteiger partial charge in [0.25, 0.3) is 0 Å². The van der Waals surface area contributed by atoms with E-state index in [0.29, 0.717) is 0 Å². The molecular formula is C13H17F2NOS. The molecule has 0 saturated carbocycles. The molecule has 0 aliphatic carbocycles. The summed E-state index contributed by atoms with van der Waals surface area (Å²) in [5.41, 5.74) is -0.162. The summed E-state index contributed by atoms with van der Waals surface area (Å²) in [6, 6.07) is 2.79. The van der Waals surface area contributed by atoms with E-state index in [-0.39, 0.29) is 5.56 Å². The molecule has 1 N–H and O–H groups in total. The quantitative estimate of drug-likeness (QED) is 0.838. The number of hydrogen-bond donors (Lipinski definition) is 1. The largest absolute Gasteiger partial charge is 0.242 e. The lowest BCUT2D eigenvalue weighted by Gasteiger charge is -2.23. The van der Waals surface area contributed by atoms with Crippen LogP contribution in [0, 0.1) is 11.6 Å². The number of halogens is 2. The first-order valence-electron chi connectivity index (χ1n) is 5.52. The van der Waals surface area contributed by atoms with Crippen molar-refractivity contribution in [3.05, 3.63) is 48.1 Å². The highest BCUT2D eigenvalue weighted by atomic mass is 32.2. The zero-order valence-corrected chi connectivity index (χ0v) is 11.5. The van der Waals surface area contributed by atoms with E-state index >= 15 is 0 Å². The van der Waals surface area contributed by atoms with Gasteiger partial charge in [0.1, 0.15) is 11.6 Å². The summed E-state index contributed by atoms with van der Waals surface area (Å²) >= 11 is 0. The van der Waals surface area contributed by atoms with Crippen molar-refractivity contribution in [2.75, 3.05) is 0 Å². The van der Waals surface area contributed by atoms with Gasteiger partial charge in [-0.3, -0.25) is 0 Å². The maximum atomic E-state index is 13.6. The average Bonchev–Trinajstić information content (AvgIpc) is 2.25. The molecule has 5 heteroatoms. The second kappa shape index (κ2) is 5.71. The van der Waals surface area contributed by atoms with E-state index in [0.717, 1.165) is 12.1 Å². The number of benzene rings is 1. The lowest BCUT2D eigenvalue weighted by molar-refractivity contribution is 0.535. The molecular weight excluding hydrogens is 256 g/mol. The molecule has 0 amide bonds. The van der Waals surface area contributed by atoms with E-state index in [2.05, 4.69) is 11.3 Å². The Morgan fingerprint density at radius 2 is 1.83 bits per heavy atom. The van der Waals surface area contributed by atoms with Crippen molar-refractivity contribution in [3.8, 4) is 0 Å². The predicted octanol–water partition coefficient (Wildman–Crippen LogP) is 3.24. The minimum Gasteiger partial charge on any atom is -0.242 e. The van der Waals surface area contributed by atoms with Crippen molar-refractivity contribution in [1.82, 2.24) is 4.72 Å². The SMILES string of the molecule is C=C[C@@H](NS(=O)C(C)(C)C)c1c(F)cccc1F. The molecule has 0 aliphatic rings. The van der Waals surface area contributed by atoms with Crippen LogP contribution in [0.4, 0.5) is 8.78 Å². The first-order valence-corrected chi connectivity index (χ1v) is 6.67. The zero-order chi connectivity index (χ0) is 13.9. The predicted molar refractivity (Wildman–Crippen MR) is 70.3 cm³/mol. The molecule has 0 bridgehead atoms. The molecule has 1 rings (SSSR count). The average molecular weight is 273 g/mol. The molecule has 18 heavy (non-hydrogen) atoms. The molecule has 100 valence electrons. The Morgan fingerprint density at radius 3 is 2.22 bits per heavy atom. The van der Waals surface area contributed by atoms with Gasteiger partial charge in [-0.2, -0.15) is 0 Å². The van der Waals surface area contributed by atoms with Crippen molar-refractivity contribution in [1.29, 1.82) is 0 Å². The Hall–Kier alpha value is -1.07. The molecule has 0 saturated heterocycles. The van der Waals surface area contributed by atoms with Gasteiger partial charge < -0.3 is 0 Å². The third kappa shape index (κ3) is 3.46. The van der Waals surface area contributed by atoms with Gasteiger partial charge in [0.05, 0.1) is 21.8 Å². The van der Waals surface area contributed by atoms with Crippen LogP contribution >= 0.6 is 0 Å². The van der Waals surface area contributed by atoms with Crippen LogP contribution in [0.1, 0.15) is 32.4 Å². The standard InChI is InChI=1S/C13H17F2NOS/c1-5-11(16-18(17)13(2,3)4)12-9(14)7-6-8-10(12)15/h5-8,11,16H,1H2,2-4H3/t11-,18?/m1/s1. The van der Waals surface area contributed by atoms with Gasteiger partial charge in [-0.05, 0) is 32.9 Å². The summed E-state index contributed by atoms with van der Waals surface area (Å²) in [5.74, 6) is -1.36. The molecule has 0 heterocycles. The second-order valence-corrected chi connectivity index (χ2v) is 6.85. The van der Waals surface area contributed by atoms with Crippen molar-refractivity contribution < 1.29 is 13.0 Å². The Kier molecular flexibility index (Phi) is 4.76. The Labute approximate surface area is 109 Å². The summed E-state index contributed by atoms with van der Waals surface area (Å²) in [6.45, 7) is 8.84. The zero-order valence-electron chi connectivity index (χ0n) is 10.7. The molecule has 0 aliphatic heterocycles. The topological polar surface area (TPSA) is 29.1 Å². The lowest BCUT2D eigenvalue weighted by atomic mass is 10.1. The second-order valence-electron chi connectivity index (χ2n) is 4.85. The van der Waals surface area contributed by atoms with Crippen LogP contribution in [-0.2, 0) is 11.0 Å². The van der Waals surface area contributed by atoms with Crippen LogP contribution in [0.2, 0.25) is 0 Å². The van der Waals surface area contributed by atoms with Gasteiger partial charge in [0.2, 0.25) is 0 Å². The highest BCUT2D eigenvalue weighted by Crippen LogP contribution is 2.23. The first-order chi connectivity index (χ1) is 8.27. The smallest absolute Gasteiger partial charge is 0.131 e. The van der Waals surface area contributed by atoms with Crippen molar-refractivity contribution in [3.63, 3.8) is 0 Å². The highest BCUT2D eigenvalue weighted by molar-refractivity contribution is 7.84. The number of hydrogen-bond acceptors (Lipinski definition) is 1. The molecule has 1 aromatic rings. The van der Waals surface area contributed by atoms with Gasteiger partial charge in [-0.15, -0.1) is 6.58 Å². The molecule has 1 unspecified atom stereocenters. The fraction of sp³-hybridized carbons (Fsp3) is 0.385. The summed E-state index contributed by atoms with van der Waals surface area (Å²) in [5, 5.41) is 0. The van der Waals surface area contributed by atoms with Crippen molar-refractivity contribution in [2.45, 2.75) is 31.6 Å². The van der Waals surface area contributed by atoms with Gasteiger partial charge in [0, 0.05) is 5.56 Å². The maximum Gasteiger partial charge on any atom is 0.131 e. The number of nitrogens with one attached hydrogen (secondary N) is 1. The number of rotatable bonds is 4. The lowest BCUT2D eigenvalue weighted by Crippen LogP contribution is -2.35. The summed E-state index contributed by atoms with van der Waals surface area (Å²) in [7, 11) is -1.44. The van der Waals surface area contributed by atoms with Gasteiger partial charge in [-0.25, -0.2) is 17.7 Å². The minimum absolute atomic E-state index is 0.162. The van der Waals surface area contributed by atoms with Crippen LogP contribution in [-0.4, -0.2) is 8.96 Å². The Bertz CT molecular complexity index is 448. The highest BCUT2D eigenvalue weighted by Gasteiger charge is 2.25. The van der Waals surface area contributed by atoms with E-state index < -0.39 is 33.4 Å². The van der Waals surface area contributed by atoms with E-state index in [9.17, 15) is 13.0 Å². The Morgan fingerprint density at radius 1 is 1.33 bits per heavy atom. The van der Waals surface area contributed by atoms with E-state index in [1.807, 2.05) is 0 Å². The normalized spacial score (nSPS) is 15.2. The van der Waals surface area contributed by atoms with Crippen LogP contribution in [0.3, 0.4) is 0 Å². The monoisotopic (exact) mass is 273 g/mol. The molecule has 0 aromatic heterocycles.